The predicted molar refractivity (Wildman–Crippen MR) is 227 cm³/mol. The summed E-state index contributed by atoms with van der Waals surface area (Å²) in [6.07, 6.45) is 2.13. The van der Waals surface area contributed by atoms with Crippen molar-refractivity contribution in [2.75, 3.05) is 44.4 Å². The van der Waals surface area contributed by atoms with E-state index >= 15 is 0 Å². The van der Waals surface area contributed by atoms with Crippen LogP contribution in [0, 0.1) is 0 Å². The molecule has 0 radical (unpaired) electrons. The van der Waals surface area contributed by atoms with Crippen LogP contribution in [0.3, 0.4) is 0 Å². The van der Waals surface area contributed by atoms with E-state index in [1.807, 2.05) is 31.3 Å². The van der Waals surface area contributed by atoms with E-state index in [4.69, 9.17) is 26.3 Å². The van der Waals surface area contributed by atoms with Gasteiger partial charge in [0.25, 0.3) is 0 Å². The van der Waals surface area contributed by atoms with Gasteiger partial charge in [0, 0.05) is 70.1 Å². The molecule has 0 aliphatic carbocycles. The van der Waals surface area contributed by atoms with Crippen LogP contribution in [0.2, 0.25) is 5.02 Å². The van der Waals surface area contributed by atoms with E-state index in [-0.39, 0.29) is 5.91 Å². The lowest BCUT2D eigenvalue weighted by atomic mass is 10.1. The van der Waals surface area contributed by atoms with Crippen molar-refractivity contribution in [2.45, 2.75) is 57.9 Å². The van der Waals surface area contributed by atoms with Crippen LogP contribution in [0.4, 0.5) is 5.82 Å². The molecule has 55 heavy (non-hydrogen) atoms. The molecule has 0 atom stereocenters. The van der Waals surface area contributed by atoms with Crippen LogP contribution in [-0.2, 0) is 35.6 Å². The largest absolute Gasteiger partial charge is 0.378 e. The van der Waals surface area contributed by atoms with Crippen molar-refractivity contribution in [3.05, 3.63) is 93.8 Å². The van der Waals surface area contributed by atoms with Gasteiger partial charge in [-0.15, -0.1) is 16.4 Å². The number of thiophene rings is 1. The van der Waals surface area contributed by atoms with Crippen molar-refractivity contribution >= 4 is 79.4 Å². The van der Waals surface area contributed by atoms with Crippen molar-refractivity contribution in [3.63, 3.8) is 0 Å². The molecule has 0 saturated heterocycles. The Morgan fingerprint density at radius 1 is 0.927 bits per heavy atom. The number of benzene rings is 3. The minimum atomic E-state index is 0.0168. The quantitative estimate of drug-likeness (QED) is 0.0423. The third-order valence-electron chi connectivity index (χ3n) is 9.34. The van der Waals surface area contributed by atoms with Crippen molar-refractivity contribution < 1.29 is 9.53 Å². The zero-order chi connectivity index (χ0) is 38.1. The summed E-state index contributed by atoms with van der Waals surface area (Å²) >= 11 is 9.41. The highest BCUT2D eigenvalue weighted by Gasteiger charge is 2.16. The van der Waals surface area contributed by atoms with Crippen LogP contribution >= 0.6 is 34.7 Å². The molecule has 4 aromatic heterocycles. The number of aryl methyl sites for hydroxylation is 2. The van der Waals surface area contributed by atoms with Gasteiger partial charge in [0.2, 0.25) is 5.91 Å². The fourth-order valence-corrected chi connectivity index (χ4v) is 8.42. The number of carbonyl (C=O) groups is 1. The van der Waals surface area contributed by atoms with Crippen molar-refractivity contribution in [1.29, 1.82) is 0 Å². The Hall–Kier alpha value is -4.53. The number of amides is 1. The first-order chi connectivity index (χ1) is 26.9. The van der Waals surface area contributed by atoms with Crippen LogP contribution in [0.5, 0.6) is 0 Å². The first kappa shape index (κ1) is 38.7. The van der Waals surface area contributed by atoms with Crippen molar-refractivity contribution in [1.82, 2.24) is 40.2 Å². The van der Waals surface area contributed by atoms with Gasteiger partial charge in [0.05, 0.1) is 19.8 Å². The summed E-state index contributed by atoms with van der Waals surface area (Å²) in [6.45, 7) is 8.44. The maximum absolute atomic E-state index is 12.7. The number of nitrogens with zero attached hydrogens (tertiary/aromatic N) is 6. The van der Waals surface area contributed by atoms with Crippen LogP contribution in [0.15, 0.2) is 77.3 Å². The number of anilines is 1. The molecule has 0 fully saturated rings. The number of ether oxygens (including phenoxy) is 1. The van der Waals surface area contributed by atoms with Crippen LogP contribution in [0.1, 0.15) is 43.4 Å². The van der Waals surface area contributed by atoms with Gasteiger partial charge in [-0.25, -0.2) is 14.6 Å². The fourth-order valence-electron chi connectivity index (χ4n) is 6.65. The Kier molecular flexibility index (Phi) is 13.0. The summed E-state index contributed by atoms with van der Waals surface area (Å²) in [7, 11) is 1.98. The van der Waals surface area contributed by atoms with Crippen molar-refractivity contribution in [2.24, 2.45) is 0 Å². The number of hydrogen-bond donors (Lipinski definition) is 3. The Morgan fingerprint density at radius 2 is 1.76 bits per heavy atom. The molecular weight excluding hydrogens is 750 g/mol. The molecule has 0 unspecified atom stereocenters. The number of hydrogen-bond acceptors (Lipinski definition) is 10. The van der Waals surface area contributed by atoms with E-state index in [9.17, 15) is 4.79 Å². The molecule has 0 spiro atoms. The predicted octanol–water partition coefficient (Wildman–Crippen LogP) is 8.18. The highest BCUT2D eigenvalue weighted by atomic mass is 35.5. The van der Waals surface area contributed by atoms with E-state index in [1.165, 1.54) is 43.4 Å². The third-order valence-corrected chi connectivity index (χ3v) is 11.7. The zero-order valence-electron chi connectivity index (χ0n) is 31.4. The fraction of sp³-hybridized carbons (Fsp3) is 0.341. The molecule has 0 aliphatic rings. The number of nitrogens with one attached hydrogen (secondary N) is 3. The zero-order valence-corrected chi connectivity index (χ0v) is 33.8. The summed E-state index contributed by atoms with van der Waals surface area (Å²) < 4.78 is 10.0. The molecule has 7 rings (SSSR count). The third kappa shape index (κ3) is 9.30. The topological polar surface area (TPSA) is 124 Å². The number of rotatable bonds is 19. The van der Waals surface area contributed by atoms with Gasteiger partial charge < -0.3 is 25.3 Å². The number of fused-ring (bicyclic) bond motifs is 4. The lowest BCUT2D eigenvalue weighted by Crippen LogP contribution is -2.28. The molecule has 286 valence electrons. The van der Waals surface area contributed by atoms with Gasteiger partial charge in [0.15, 0.2) is 22.1 Å². The maximum atomic E-state index is 12.7. The second-order valence-corrected chi connectivity index (χ2v) is 15.7. The number of thioether (sulfide) groups is 1. The minimum Gasteiger partial charge on any atom is -0.378 e. The molecule has 11 nitrogen and oxygen atoms in total. The summed E-state index contributed by atoms with van der Waals surface area (Å²) in [5.74, 6) is 1.56. The molecule has 7 aromatic rings. The Morgan fingerprint density at radius 3 is 2.58 bits per heavy atom. The van der Waals surface area contributed by atoms with Crippen LogP contribution in [0.25, 0.3) is 43.4 Å². The van der Waals surface area contributed by atoms with Gasteiger partial charge in [0.1, 0.15) is 0 Å². The van der Waals surface area contributed by atoms with Gasteiger partial charge in [-0.3, -0.25) is 4.79 Å². The molecule has 3 aromatic carbocycles. The first-order valence-corrected chi connectivity index (χ1v) is 21.0. The van der Waals surface area contributed by atoms with Crippen LogP contribution < -0.4 is 16.0 Å². The summed E-state index contributed by atoms with van der Waals surface area (Å²) in [6, 6.07) is 23.4. The first-order valence-electron chi connectivity index (χ1n) is 18.8. The average molecular weight is 796 g/mol. The van der Waals surface area contributed by atoms with E-state index in [0.29, 0.717) is 72.9 Å². The number of aromatic nitrogens is 6. The highest BCUT2D eigenvalue weighted by Crippen LogP contribution is 2.35. The SMILES string of the molecule is CCCSc1nc(NCCOCCNC(=O)CCc2csc(-c3ccc4c5cc(CNC)ccc5n(CC)c4c3)c2)c2nnn(Cc3ccc(Cl)cc3)c2n1. The summed E-state index contributed by atoms with van der Waals surface area (Å²) in [5, 5.41) is 24.5. The lowest BCUT2D eigenvalue weighted by molar-refractivity contribution is -0.121. The summed E-state index contributed by atoms with van der Waals surface area (Å²) in [4.78, 5) is 23.4. The second-order valence-electron chi connectivity index (χ2n) is 13.3. The molecule has 0 aliphatic heterocycles. The molecule has 3 N–H and O–H groups in total. The summed E-state index contributed by atoms with van der Waals surface area (Å²) in [5.41, 5.74) is 8.51. The average Bonchev–Trinajstić information content (AvgIpc) is 3.92. The lowest BCUT2D eigenvalue weighted by Gasteiger charge is -2.10. The second kappa shape index (κ2) is 18.4. The molecule has 0 bridgehead atoms. The Balaban J connectivity index is 0.868. The van der Waals surface area contributed by atoms with Gasteiger partial charge in [-0.1, -0.05) is 65.8 Å². The standard InChI is InChI=1S/C41H46ClN9O2S2/c1-4-20-54-41-46-39(38-40(47-41)51(49-48-38)25-27-6-11-31(42)12-7-27)45-17-19-53-18-16-44-37(52)15-9-29-22-36(55-26-29)30-10-13-32-33-21-28(24-43-3)8-14-34(33)50(5-2)35(32)23-30/h6-8,10-14,21-23,26,43H,4-5,9,15-20,24-25H2,1-3H3,(H,44,52)(H,45,46,47). The Labute approximate surface area is 334 Å². The normalized spacial score (nSPS) is 11.6. The smallest absolute Gasteiger partial charge is 0.220 e. The number of carbonyl (C=O) groups excluding carboxylic acids is 1. The molecule has 14 heteroatoms. The molecule has 0 saturated carbocycles. The van der Waals surface area contributed by atoms with Crippen molar-refractivity contribution in [3.8, 4) is 10.4 Å². The number of halogens is 1. The molecule has 4 heterocycles. The molecular formula is C41H46ClN9O2S2. The minimum absolute atomic E-state index is 0.0168. The van der Waals surface area contributed by atoms with E-state index in [2.05, 4.69) is 92.5 Å². The van der Waals surface area contributed by atoms with E-state index in [1.54, 1.807) is 27.8 Å². The highest BCUT2D eigenvalue weighted by molar-refractivity contribution is 7.99. The van der Waals surface area contributed by atoms with Gasteiger partial charge in [-0.05, 0) is 90.8 Å². The van der Waals surface area contributed by atoms with Gasteiger partial charge in [-0.2, -0.15) is 0 Å². The molecule has 1 amide bonds. The van der Waals surface area contributed by atoms with E-state index < -0.39 is 0 Å². The van der Waals surface area contributed by atoms with E-state index in [0.717, 1.165) is 30.8 Å². The van der Waals surface area contributed by atoms with Gasteiger partial charge >= 0.3 is 0 Å². The monoisotopic (exact) mass is 795 g/mol. The maximum Gasteiger partial charge on any atom is 0.220 e. The Bertz CT molecular complexity index is 2390. The van der Waals surface area contributed by atoms with Crippen LogP contribution in [-0.4, -0.2) is 74.5 Å².